The number of carbonyl (C=O) groups excluding carboxylic acids is 1. The molecule has 0 spiro atoms. The Kier molecular flexibility index (Phi) is 4.62. The lowest BCUT2D eigenvalue weighted by molar-refractivity contribution is 0.103. The number of benzene rings is 2. The van der Waals surface area contributed by atoms with Gasteiger partial charge in [-0.1, -0.05) is 54.1 Å². The van der Waals surface area contributed by atoms with Gasteiger partial charge in [0, 0.05) is 30.1 Å². The summed E-state index contributed by atoms with van der Waals surface area (Å²) in [7, 11) is 0. The molecule has 0 bridgehead atoms. The molecular weight excluding hydrogens is 298 g/mol. The third-order valence-corrected chi connectivity index (χ3v) is 3.82. The molecule has 0 saturated carbocycles. The van der Waals surface area contributed by atoms with Crippen LogP contribution in [0.3, 0.4) is 0 Å². The number of aromatic hydroxyl groups is 1. The van der Waals surface area contributed by atoms with E-state index in [0.29, 0.717) is 17.7 Å². The van der Waals surface area contributed by atoms with Gasteiger partial charge in [0.25, 0.3) is 0 Å². The van der Waals surface area contributed by atoms with Gasteiger partial charge in [0.05, 0.1) is 0 Å². The number of ketones is 1. The average Bonchev–Trinajstić information content (AvgIpc) is 3.04. The summed E-state index contributed by atoms with van der Waals surface area (Å²) in [5.74, 6) is 0.287. The number of nitrogens with zero attached hydrogens (tertiary/aromatic N) is 1. The largest absolute Gasteiger partial charge is 0.508 e. The first kappa shape index (κ1) is 15.8. The maximum Gasteiger partial charge on any atom is 0.194 e. The van der Waals surface area contributed by atoms with Gasteiger partial charge in [-0.05, 0) is 30.7 Å². The van der Waals surface area contributed by atoms with Crippen LogP contribution in [0.4, 0.5) is 0 Å². The second-order valence-corrected chi connectivity index (χ2v) is 5.79. The summed E-state index contributed by atoms with van der Waals surface area (Å²) in [6.45, 7) is 2.67. The van der Waals surface area contributed by atoms with E-state index in [9.17, 15) is 9.90 Å². The van der Waals surface area contributed by atoms with Crippen LogP contribution in [0.2, 0.25) is 0 Å². The fourth-order valence-corrected chi connectivity index (χ4v) is 2.50. The summed E-state index contributed by atoms with van der Waals surface area (Å²) >= 11 is 0. The summed E-state index contributed by atoms with van der Waals surface area (Å²) in [5.41, 5.74) is 3.47. The topological polar surface area (TPSA) is 42.2 Å². The highest BCUT2D eigenvalue weighted by Gasteiger charge is 2.09. The molecule has 3 heteroatoms. The molecule has 0 atom stereocenters. The van der Waals surface area contributed by atoms with Crippen LogP contribution in [0.25, 0.3) is 6.08 Å². The van der Waals surface area contributed by atoms with E-state index < -0.39 is 0 Å². The number of aromatic nitrogens is 1. The van der Waals surface area contributed by atoms with E-state index in [1.165, 1.54) is 0 Å². The number of phenols is 1. The van der Waals surface area contributed by atoms with Crippen molar-refractivity contribution in [2.45, 2.75) is 13.5 Å². The second kappa shape index (κ2) is 7.01. The van der Waals surface area contributed by atoms with Crippen LogP contribution in [-0.2, 0) is 6.54 Å². The van der Waals surface area contributed by atoms with Crippen molar-refractivity contribution in [2.24, 2.45) is 0 Å². The first-order valence-corrected chi connectivity index (χ1v) is 7.84. The lowest BCUT2D eigenvalue weighted by Crippen LogP contribution is -2.00. The second-order valence-electron chi connectivity index (χ2n) is 5.79. The molecule has 3 nitrogen and oxygen atoms in total. The molecule has 120 valence electrons. The monoisotopic (exact) mass is 317 g/mol. The minimum Gasteiger partial charge on any atom is -0.508 e. The molecule has 1 heterocycles. The van der Waals surface area contributed by atoms with Crippen molar-refractivity contribution in [3.05, 3.63) is 95.3 Å². The summed E-state index contributed by atoms with van der Waals surface area (Å²) in [4.78, 5) is 12.4. The highest BCUT2D eigenvalue weighted by molar-refractivity contribution is 6.08. The van der Waals surface area contributed by atoms with E-state index in [1.54, 1.807) is 12.1 Å². The summed E-state index contributed by atoms with van der Waals surface area (Å²) in [6, 6.07) is 16.5. The zero-order valence-corrected chi connectivity index (χ0v) is 13.5. The first-order chi connectivity index (χ1) is 11.6. The molecule has 0 aliphatic carbocycles. The van der Waals surface area contributed by atoms with Gasteiger partial charge in [0.1, 0.15) is 5.75 Å². The predicted octanol–water partition coefficient (Wildman–Crippen LogP) is 4.45. The quantitative estimate of drug-likeness (QED) is 0.707. The highest BCUT2D eigenvalue weighted by Crippen LogP contribution is 2.13. The van der Waals surface area contributed by atoms with Gasteiger partial charge >= 0.3 is 0 Å². The van der Waals surface area contributed by atoms with Gasteiger partial charge in [0.2, 0.25) is 0 Å². The van der Waals surface area contributed by atoms with E-state index in [0.717, 1.165) is 11.1 Å². The molecule has 0 fully saturated rings. The van der Waals surface area contributed by atoms with Crippen molar-refractivity contribution in [2.75, 3.05) is 0 Å². The lowest BCUT2D eigenvalue weighted by atomic mass is 10.0. The molecule has 1 aromatic heterocycles. The zero-order valence-electron chi connectivity index (χ0n) is 13.5. The Labute approximate surface area is 141 Å². The molecule has 0 aliphatic rings. The Hall–Kier alpha value is -3.07. The zero-order chi connectivity index (χ0) is 16.9. The van der Waals surface area contributed by atoms with Crippen LogP contribution in [0.15, 0.2) is 73.1 Å². The van der Waals surface area contributed by atoms with E-state index >= 15 is 0 Å². The summed E-state index contributed by atoms with van der Waals surface area (Å²) in [5, 5.41) is 9.44. The lowest BCUT2D eigenvalue weighted by Gasteiger charge is -2.00. The van der Waals surface area contributed by atoms with Gasteiger partial charge in [-0.2, -0.15) is 0 Å². The molecule has 0 saturated heterocycles. The normalized spacial score (nSPS) is 11.0. The average molecular weight is 317 g/mol. The SMILES string of the molecule is Cc1ccc(C(=O)c2ccn(C/C=C/c3cccc(O)c3)c2)cc1. The van der Waals surface area contributed by atoms with E-state index in [2.05, 4.69) is 0 Å². The van der Waals surface area contributed by atoms with E-state index in [-0.39, 0.29) is 11.5 Å². The van der Waals surface area contributed by atoms with Gasteiger partial charge in [-0.15, -0.1) is 0 Å². The number of rotatable bonds is 5. The van der Waals surface area contributed by atoms with Gasteiger partial charge in [-0.25, -0.2) is 0 Å². The molecule has 0 radical (unpaired) electrons. The molecular formula is C21H19NO2. The van der Waals surface area contributed by atoms with Gasteiger partial charge in [-0.3, -0.25) is 4.79 Å². The fraction of sp³-hybridized carbons (Fsp3) is 0.0952. The van der Waals surface area contributed by atoms with E-state index in [1.807, 2.05) is 78.5 Å². The van der Waals surface area contributed by atoms with Crippen molar-refractivity contribution in [1.82, 2.24) is 4.57 Å². The number of carbonyl (C=O) groups is 1. The molecule has 0 unspecified atom stereocenters. The van der Waals surface area contributed by atoms with Crippen LogP contribution >= 0.6 is 0 Å². The Morgan fingerprint density at radius 1 is 1.08 bits per heavy atom. The van der Waals surface area contributed by atoms with Crippen LogP contribution in [0.5, 0.6) is 5.75 Å². The van der Waals surface area contributed by atoms with Crippen molar-refractivity contribution in [1.29, 1.82) is 0 Å². The minimum atomic E-state index is 0.0331. The Morgan fingerprint density at radius 2 is 1.88 bits per heavy atom. The smallest absolute Gasteiger partial charge is 0.194 e. The minimum absolute atomic E-state index is 0.0331. The molecule has 0 aliphatic heterocycles. The van der Waals surface area contributed by atoms with Crippen LogP contribution in [-0.4, -0.2) is 15.5 Å². The standard InChI is InChI=1S/C21H19NO2/c1-16-7-9-18(10-8-16)21(24)19-11-13-22(15-19)12-3-5-17-4-2-6-20(23)14-17/h2-11,13-15,23H,12H2,1H3/b5-3+. The third kappa shape index (κ3) is 3.82. The number of phenolic OH excluding ortho intramolecular Hbond substituents is 1. The van der Waals surface area contributed by atoms with E-state index in [4.69, 9.17) is 0 Å². The summed E-state index contributed by atoms with van der Waals surface area (Å²) < 4.78 is 1.96. The fourth-order valence-electron chi connectivity index (χ4n) is 2.50. The molecule has 3 aromatic rings. The Balaban J connectivity index is 1.67. The highest BCUT2D eigenvalue weighted by atomic mass is 16.3. The number of hydrogen-bond donors (Lipinski definition) is 1. The predicted molar refractivity (Wildman–Crippen MR) is 96.2 cm³/mol. The molecule has 24 heavy (non-hydrogen) atoms. The van der Waals surface area contributed by atoms with Gasteiger partial charge < -0.3 is 9.67 Å². The number of hydrogen-bond acceptors (Lipinski definition) is 2. The first-order valence-electron chi connectivity index (χ1n) is 7.84. The Bertz CT molecular complexity index is 873. The molecule has 2 aromatic carbocycles. The van der Waals surface area contributed by atoms with Crippen LogP contribution in [0.1, 0.15) is 27.0 Å². The van der Waals surface area contributed by atoms with Gasteiger partial charge in [0.15, 0.2) is 5.78 Å². The van der Waals surface area contributed by atoms with Crippen LogP contribution in [0, 0.1) is 6.92 Å². The number of allylic oxidation sites excluding steroid dienone is 1. The maximum atomic E-state index is 12.4. The van der Waals surface area contributed by atoms with Crippen LogP contribution < -0.4 is 0 Å². The van der Waals surface area contributed by atoms with Crippen molar-refractivity contribution < 1.29 is 9.90 Å². The Morgan fingerprint density at radius 3 is 2.62 bits per heavy atom. The molecule has 0 amide bonds. The third-order valence-electron chi connectivity index (χ3n) is 3.82. The molecule has 3 rings (SSSR count). The summed E-state index contributed by atoms with van der Waals surface area (Å²) in [6.07, 6.45) is 7.69. The maximum absolute atomic E-state index is 12.4. The van der Waals surface area contributed by atoms with Crippen molar-refractivity contribution in [3.8, 4) is 5.75 Å². The molecule has 1 N–H and O–H groups in total. The van der Waals surface area contributed by atoms with Crippen molar-refractivity contribution >= 4 is 11.9 Å². The number of aryl methyl sites for hydroxylation is 1. The van der Waals surface area contributed by atoms with Crippen molar-refractivity contribution in [3.63, 3.8) is 0 Å².